The second-order valence-corrected chi connectivity index (χ2v) is 13.6. The highest BCUT2D eigenvalue weighted by Crippen LogP contribution is 2.28. The Kier molecular flexibility index (Phi) is 10.8. The van der Waals surface area contributed by atoms with Gasteiger partial charge in [-0.15, -0.1) is 0 Å². The molecular formula is C37H41N3O5S. The molecule has 4 aromatic rings. The molecule has 5 rings (SSSR count). The summed E-state index contributed by atoms with van der Waals surface area (Å²) in [7, 11) is -2.69. The van der Waals surface area contributed by atoms with Gasteiger partial charge in [0.15, 0.2) is 0 Å². The molecule has 0 aliphatic heterocycles. The number of methoxy groups -OCH3 is 1. The van der Waals surface area contributed by atoms with Crippen LogP contribution in [-0.2, 0) is 32.6 Å². The van der Waals surface area contributed by atoms with Crippen molar-refractivity contribution in [2.24, 2.45) is 0 Å². The van der Waals surface area contributed by atoms with E-state index in [1.165, 1.54) is 24.1 Å². The van der Waals surface area contributed by atoms with E-state index in [0.717, 1.165) is 46.7 Å². The molecule has 8 nitrogen and oxygen atoms in total. The SMILES string of the molecule is COc1cccc(N(CC(=O)N(Cc2ccccc2)[C@H](Cc2ccccc2)C(=O)NC2CCCC2)S(=O)(=O)c2ccc(C)cc2)c1. The lowest BCUT2D eigenvalue weighted by Gasteiger charge is -2.34. The van der Waals surface area contributed by atoms with E-state index in [9.17, 15) is 18.0 Å². The maximum Gasteiger partial charge on any atom is 0.264 e. The van der Waals surface area contributed by atoms with Crippen LogP contribution < -0.4 is 14.4 Å². The van der Waals surface area contributed by atoms with Gasteiger partial charge in [-0.1, -0.05) is 97.3 Å². The molecule has 0 saturated heterocycles. The number of aryl methyl sites for hydroxylation is 1. The van der Waals surface area contributed by atoms with E-state index in [0.29, 0.717) is 5.75 Å². The summed E-state index contributed by atoms with van der Waals surface area (Å²) in [5.74, 6) is -0.285. The van der Waals surface area contributed by atoms with Gasteiger partial charge in [-0.2, -0.15) is 0 Å². The molecule has 0 unspecified atom stereocenters. The van der Waals surface area contributed by atoms with Gasteiger partial charge in [0.05, 0.1) is 17.7 Å². The molecule has 0 heterocycles. The molecule has 0 aromatic heterocycles. The quantitative estimate of drug-likeness (QED) is 0.197. The van der Waals surface area contributed by atoms with Gasteiger partial charge < -0.3 is 15.0 Å². The first-order valence-electron chi connectivity index (χ1n) is 15.7. The molecule has 1 aliphatic carbocycles. The number of carbonyl (C=O) groups excluding carboxylic acids is 2. The normalized spacial score (nSPS) is 14.0. The molecule has 2 amide bonds. The maximum atomic E-state index is 14.6. The average Bonchev–Trinajstić information content (AvgIpc) is 3.59. The van der Waals surface area contributed by atoms with Crippen LogP contribution in [0.25, 0.3) is 0 Å². The summed E-state index contributed by atoms with van der Waals surface area (Å²) in [5.41, 5.74) is 2.92. The molecule has 1 saturated carbocycles. The summed E-state index contributed by atoms with van der Waals surface area (Å²) in [6.07, 6.45) is 4.17. The molecule has 0 spiro atoms. The first kappa shape index (κ1) is 32.8. The second kappa shape index (κ2) is 15.1. The number of anilines is 1. The summed E-state index contributed by atoms with van der Waals surface area (Å²) in [4.78, 5) is 30.3. The van der Waals surface area contributed by atoms with Gasteiger partial charge in [-0.3, -0.25) is 13.9 Å². The fourth-order valence-corrected chi connectivity index (χ4v) is 7.24. The minimum absolute atomic E-state index is 0.0506. The third kappa shape index (κ3) is 8.14. The van der Waals surface area contributed by atoms with Gasteiger partial charge in [-0.05, 0) is 55.2 Å². The number of hydrogen-bond acceptors (Lipinski definition) is 5. The molecule has 46 heavy (non-hydrogen) atoms. The van der Waals surface area contributed by atoms with E-state index in [-0.39, 0.29) is 35.5 Å². The van der Waals surface area contributed by atoms with Crippen molar-refractivity contribution in [3.8, 4) is 5.75 Å². The lowest BCUT2D eigenvalue weighted by Crippen LogP contribution is -2.54. The second-order valence-electron chi connectivity index (χ2n) is 11.7. The lowest BCUT2D eigenvalue weighted by molar-refractivity contribution is -0.140. The predicted octanol–water partition coefficient (Wildman–Crippen LogP) is 5.90. The molecule has 4 aromatic carbocycles. The van der Waals surface area contributed by atoms with Gasteiger partial charge in [0.2, 0.25) is 11.8 Å². The zero-order chi connectivity index (χ0) is 32.5. The van der Waals surface area contributed by atoms with Crippen molar-refractivity contribution in [2.45, 2.75) is 62.6 Å². The summed E-state index contributed by atoms with van der Waals surface area (Å²) in [6, 6.07) is 31.4. The number of amides is 2. The lowest BCUT2D eigenvalue weighted by atomic mass is 10.0. The van der Waals surface area contributed by atoms with Crippen molar-refractivity contribution in [2.75, 3.05) is 18.0 Å². The number of ether oxygens (including phenoxy) is 1. The van der Waals surface area contributed by atoms with Crippen molar-refractivity contribution in [1.82, 2.24) is 10.2 Å². The monoisotopic (exact) mass is 639 g/mol. The standard InChI is InChI=1S/C37H41N3O5S/c1-28-20-22-34(23-21-28)46(43,44)40(32-18-11-19-33(25-32)45-2)27-36(41)39(26-30-14-7-4-8-15-30)35(24-29-12-5-3-6-13-29)37(42)38-31-16-9-10-17-31/h3-8,11-15,18-23,25,31,35H,9-10,16-17,24,26-27H2,1-2H3,(H,38,42)/t35-/m1/s1. The molecule has 0 radical (unpaired) electrons. The largest absolute Gasteiger partial charge is 0.497 e. The molecule has 1 fully saturated rings. The molecule has 1 atom stereocenters. The molecule has 1 N–H and O–H groups in total. The topological polar surface area (TPSA) is 96.0 Å². The van der Waals surface area contributed by atoms with Crippen LogP contribution in [0.3, 0.4) is 0 Å². The van der Waals surface area contributed by atoms with Gasteiger partial charge in [0, 0.05) is 25.1 Å². The highest BCUT2D eigenvalue weighted by Gasteiger charge is 2.35. The number of benzene rings is 4. The zero-order valence-corrected chi connectivity index (χ0v) is 27.2. The fourth-order valence-electron chi connectivity index (χ4n) is 5.83. The number of rotatable bonds is 13. The smallest absolute Gasteiger partial charge is 0.264 e. The number of carbonyl (C=O) groups is 2. The van der Waals surface area contributed by atoms with E-state index in [1.807, 2.05) is 67.6 Å². The Labute approximate surface area is 272 Å². The average molecular weight is 640 g/mol. The number of nitrogens with zero attached hydrogens (tertiary/aromatic N) is 2. The van der Waals surface area contributed by atoms with E-state index in [4.69, 9.17) is 4.74 Å². The van der Waals surface area contributed by atoms with Crippen LogP contribution in [0.1, 0.15) is 42.4 Å². The van der Waals surface area contributed by atoms with E-state index >= 15 is 0 Å². The van der Waals surface area contributed by atoms with E-state index in [1.54, 1.807) is 36.4 Å². The molecule has 1 aliphatic rings. The summed E-state index contributed by atoms with van der Waals surface area (Å²) >= 11 is 0. The maximum absolute atomic E-state index is 14.6. The van der Waals surface area contributed by atoms with E-state index < -0.39 is 28.5 Å². The van der Waals surface area contributed by atoms with E-state index in [2.05, 4.69) is 5.32 Å². The number of hydrogen-bond donors (Lipinski definition) is 1. The molecular weight excluding hydrogens is 598 g/mol. The van der Waals surface area contributed by atoms with Crippen molar-refractivity contribution in [3.05, 3.63) is 126 Å². The van der Waals surface area contributed by atoms with Crippen LogP contribution in [-0.4, -0.2) is 50.9 Å². The van der Waals surface area contributed by atoms with Gasteiger partial charge in [0.1, 0.15) is 18.3 Å². The molecule has 9 heteroatoms. The zero-order valence-electron chi connectivity index (χ0n) is 26.3. The van der Waals surface area contributed by atoms with Gasteiger partial charge in [-0.25, -0.2) is 8.42 Å². The Morgan fingerprint density at radius 3 is 2.11 bits per heavy atom. The first-order chi connectivity index (χ1) is 22.2. The highest BCUT2D eigenvalue weighted by atomic mass is 32.2. The van der Waals surface area contributed by atoms with Crippen LogP contribution >= 0.6 is 0 Å². The third-order valence-corrected chi connectivity index (χ3v) is 10.2. The van der Waals surface area contributed by atoms with Crippen molar-refractivity contribution >= 4 is 27.5 Å². The summed E-state index contributed by atoms with van der Waals surface area (Å²) < 4.78 is 34.9. The Morgan fingerprint density at radius 2 is 1.48 bits per heavy atom. The van der Waals surface area contributed by atoms with Crippen LogP contribution in [0.4, 0.5) is 5.69 Å². The Hall–Kier alpha value is -4.63. The van der Waals surface area contributed by atoms with Crippen LogP contribution in [0, 0.1) is 6.92 Å². The number of sulfonamides is 1. The Balaban J connectivity index is 1.56. The van der Waals surface area contributed by atoms with Crippen molar-refractivity contribution in [1.29, 1.82) is 0 Å². The van der Waals surface area contributed by atoms with Crippen LogP contribution in [0.5, 0.6) is 5.75 Å². The van der Waals surface area contributed by atoms with Gasteiger partial charge >= 0.3 is 0 Å². The third-order valence-electron chi connectivity index (χ3n) is 8.40. The molecule has 240 valence electrons. The fraction of sp³-hybridized carbons (Fsp3) is 0.297. The van der Waals surface area contributed by atoms with Gasteiger partial charge in [0.25, 0.3) is 10.0 Å². The van der Waals surface area contributed by atoms with Crippen molar-refractivity contribution in [3.63, 3.8) is 0 Å². The first-order valence-corrected chi connectivity index (χ1v) is 17.1. The number of nitrogens with one attached hydrogen (secondary N) is 1. The van der Waals surface area contributed by atoms with Crippen LogP contribution in [0.2, 0.25) is 0 Å². The van der Waals surface area contributed by atoms with Crippen molar-refractivity contribution < 1.29 is 22.7 Å². The predicted molar refractivity (Wildman–Crippen MR) is 180 cm³/mol. The Morgan fingerprint density at radius 1 is 0.848 bits per heavy atom. The molecule has 0 bridgehead atoms. The Bertz CT molecular complexity index is 1710. The minimum atomic E-state index is -4.19. The summed E-state index contributed by atoms with van der Waals surface area (Å²) in [6.45, 7) is 1.49. The minimum Gasteiger partial charge on any atom is -0.497 e. The summed E-state index contributed by atoms with van der Waals surface area (Å²) in [5, 5.41) is 3.20. The highest BCUT2D eigenvalue weighted by molar-refractivity contribution is 7.92. The van der Waals surface area contributed by atoms with Crippen LogP contribution in [0.15, 0.2) is 114 Å².